The molecular formula is C16H27ClN2. The molecular weight excluding hydrogens is 256 g/mol. The van der Waals surface area contributed by atoms with Gasteiger partial charge in [0.15, 0.2) is 0 Å². The molecule has 0 radical (unpaired) electrons. The lowest BCUT2D eigenvalue weighted by Crippen LogP contribution is -2.26. The third-order valence-corrected chi connectivity index (χ3v) is 3.72. The third kappa shape index (κ3) is 6.42. The molecule has 0 aliphatic carbocycles. The first kappa shape index (κ1) is 16.5. The monoisotopic (exact) mass is 282 g/mol. The fourth-order valence-electron chi connectivity index (χ4n) is 2.14. The third-order valence-electron chi connectivity index (χ3n) is 3.49. The second-order valence-corrected chi connectivity index (χ2v) is 6.11. The number of halogens is 1. The highest BCUT2D eigenvalue weighted by atomic mass is 35.5. The van der Waals surface area contributed by atoms with Crippen molar-refractivity contribution in [3.63, 3.8) is 0 Å². The maximum absolute atomic E-state index is 6.05. The molecule has 2 nitrogen and oxygen atoms in total. The zero-order valence-corrected chi connectivity index (χ0v) is 13.4. The summed E-state index contributed by atoms with van der Waals surface area (Å²) in [5.74, 6) is 0.774. The van der Waals surface area contributed by atoms with E-state index in [-0.39, 0.29) is 0 Å². The normalized spacial score (nSPS) is 13.2. The topological polar surface area (TPSA) is 15.3 Å². The summed E-state index contributed by atoms with van der Waals surface area (Å²) < 4.78 is 0. The van der Waals surface area contributed by atoms with Crippen molar-refractivity contribution in [3.05, 3.63) is 34.9 Å². The lowest BCUT2D eigenvalue weighted by atomic mass is 10.0. The van der Waals surface area contributed by atoms with Crippen molar-refractivity contribution in [1.82, 2.24) is 10.2 Å². The van der Waals surface area contributed by atoms with Gasteiger partial charge in [-0.25, -0.2) is 0 Å². The number of nitrogens with one attached hydrogen (secondary N) is 1. The summed E-state index contributed by atoms with van der Waals surface area (Å²) in [5, 5.41) is 4.19. The highest BCUT2D eigenvalue weighted by molar-refractivity contribution is 6.30. The maximum Gasteiger partial charge on any atom is 0.0409 e. The van der Waals surface area contributed by atoms with Gasteiger partial charge in [-0.2, -0.15) is 0 Å². The van der Waals surface area contributed by atoms with Gasteiger partial charge in [0.1, 0.15) is 0 Å². The van der Waals surface area contributed by atoms with Gasteiger partial charge in [0.05, 0.1) is 0 Å². The van der Waals surface area contributed by atoms with Crippen LogP contribution in [-0.4, -0.2) is 32.1 Å². The lowest BCUT2D eigenvalue weighted by Gasteiger charge is -2.22. The Hall–Kier alpha value is -0.570. The van der Waals surface area contributed by atoms with Crippen LogP contribution >= 0.6 is 11.6 Å². The van der Waals surface area contributed by atoms with E-state index in [1.807, 2.05) is 19.2 Å². The predicted molar refractivity (Wildman–Crippen MR) is 84.8 cm³/mol. The van der Waals surface area contributed by atoms with Crippen molar-refractivity contribution < 1.29 is 0 Å². The first-order valence-electron chi connectivity index (χ1n) is 7.14. The summed E-state index contributed by atoms with van der Waals surface area (Å²) >= 11 is 6.05. The Balaban J connectivity index is 2.44. The van der Waals surface area contributed by atoms with Crippen LogP contribution < -0.4 is 5.32 Å². The van der Waals surface area contributed by atoms with Crippen molar-refractivity contribution in [2.45, 2.75) is 32.7 Å². The fourth-order valence-corrected chi connectivity index (χ4v) is 2.34. The first-order valence-corrected chi connectivity index (χ1v) is 7.52. The van der Waals surface area contributed by atoms with Gasteiger partial charge in [-0.1, -0.05) is 37.6 Å². The summed E-state index contributed by atoms with van der Waals surface area (Å²) in [6.45, 7) is 6.82. The van der Waals surface area contributed by atoms with Crippen LogP contribution in [0.1, 0.15) is 38.3 Å². The molecule has 1 rings (SSSR count). The van der Waals surface area contributed by atoms with E-state index in [1.54, 1.807) is 0 Å². The van der Waals surface area contributed by atoms with Crippen LogP contribution in [0.5, 0.6) is 0 Å². The molecule has 0 heterocycles. The lowest BCUT2D eigenvalue weighted by molar-refractivity contribution is 0.292. The Kier molecular flexibility index (Phi) is 7.44. The van der Waals surface area contributed by atoms with Gasteiger partial charge in [0.25, 0.3) is 0 Å². The van der Waals surface area contributed by atoms with Crippen LogP contribution in [-0.2, 0) is 0 Å². The number of hydrogen-bond acceptors (Lipinski definition) is 2. The number of rotatable bonds is 8. The van der Waals surface area contributed by atoms with E-state index in [0.717, 1.165) is 23.9 Å². The average Bonchev–Trinajstić information content (AvgIpc) is 2.37. The number of hydrogen-bond donors (Lipinski definition) is 1. The minimum absolute atomic E-state index is 0.375. The van der Waals surface area contributed by atoms with E-state index in [4.69, 9.17) is 11.6 Å². The van der Waals surface area contributed by atoms with E-state index in [0.29, 0.717) is 6.04 Å². The smallest absolute Gasteiger partial charge is 0.0409 e. The Morgan fingerprint density at radius 3 is 2.47 bits per heavy atom. The van der Waals surface area contributed by atoms with Crippen molar-refractivity contribution in [2.75, 3.05) is 27.2 Å². The molecule has 0 bridgehead atoms. The molecule has 19 heavy (non-hydrogen) atoms. The summed E-state index contributed by atoms with van der Waals surface area (Å²) in [6.07, 6.45) is 2.36. The zero-order chi connectivity index (χ0) is 14.3. The zero-order valence-electron chi connectivity index (χ0n) is 12.6. The van der Waals surface area contributed by atoms with Crippen LogP contribution in [0.4, 0.5) is 0 Å². The van der Waals surface area contributed by atoms with E-state index in [2.05, 4.69) is 43.2 Å². The molecule has 1 aromatic carbocycles. The number of benzene rings is 1. The molecule has 0 spiro atoms. The molecule has 0 aromatic heterocycles. The summed E-state index contributed by atoms with van der Waals surface area (Å²) in [5.41, 5.74) is 1.27. The van der Waals surface area contributed by atoms with E-state index in [1.165, 1.54) is 18.5 Å². The Labute approximate surface area is 123 Å². The van der Waals surface area contributed by atoms with Crippen LogP contribution in [0.3, 0.4) is 0 Å². The molecule has 0 fully saturated rings. The van der Waals surface area contributed by atoms with Crippen LogP contribution in [0.25, 0.3) is 0 Å². The van der Waals surface area contributed by atoms with Gasteiger partial charge in [-0.15, -0.1) is 0 Å². The Bertz CT molecular complexity index is 366. The van der Waals surface area contributed by atoms with Crippen molar-refractivity contribution in [3.8, 4) is 0 Å². The second-order valence-electron chi connectivity index (χ2n) is 5.67. The van der Waals surface area contributed by atoms with Crippen LogP contribution in [0.15, 0.2) is 24.3 Å². The minimum atomic E-state index is 0.375. The van der Waals surface area contributed by atoms with Gasteiger partial charge in [-0.05, 0) is 63.6 Å². The van der Waals surface area contributed by atoms with Crippen molar-refractivity contribution in [2.24, 2.45) is 5.92 Å². The van der Waals surface area contributed by atoms with Gasteiger partial charge >= 0.3 is 0 Å². The van der Waals surface area contributed by atoms with Gasteiger partial charge in [0, 0.05) is 11.1 Å². The molecule has 0 amide bonds. The summed E-state index contributed by atoms with van der Waals surface area (Å²) in [6, 6.07) is 8.51. The molecule has 1 unspecified atom stereocenters. The molecule has 0 aliphatic rings. The standard InChI is InChI=1S/C16H27ClN2/c1-13(2)8-10-19(4)11-9-16(18-3)14-6-5-7-15(17)12-14/h5-7,12-13,16,18H,8-11H2,1-4H3. The molecule has 0 saturated heterocycles. The Morgan fingerprint density at radius 2 is 1.89 bits per heavy atom. The molecule has 1 aromatic rings. The fraction of sp³-hybridized carbons (Fsp3) is 0.625. The molecule has 1 N–H and O–H groups in total. The second kappa shape index (κ2) is 8.57. The van der Waals surface area contributed by atoms with Gasteiger partial charge in [0.2, 0.25) is 0 Å². The predicted octanol–water partition coefficient (Wildman–Crippen LogP) is 3.97. The maximum atomic E-state index is 6.05. The summed E-state index contributed by atoms with van der Waals surface area (Å²) in [7, 11) is 4.22. The van der Waals surface area contributed by atoms with E-state index in [9.17, 15) is 0 Å². The molecule has 3 heteroatoms. The van der Waals surface area contributed by atoms with E-state index < -0.39 is 0 Å². The molecule has 0 saturated carbocycles. The highest BCUT2D eigenvalue weighted by Crippen LogP contribution is 2.20. The molecule has 1 atom stereocenters. The van der Waals surface area contributed by atoms with Crippen LogP contribution in [0.2, 0.25) is 5.02 Å². The van der Waals surface area contributed by atoms with Crippen molar-refractivity contribution in [1.29, 1.82) is 0 Å². The van der Waals surface area contributed by atoms with Gasteiger partial charge in [-0.3, -0.25) is 0 Å². The summed E-state index contributed by atoms with van der Waals surface area (Å²) in [4.78, 5) is 2.41. The largest absolute Gasteiger partial charge is 0.313 e. The highest BCUT2D eigenvalue weighted by Gasteiger charge is 2.10. The van der Waals surface area contributed by atoms with E-state index >= 15 is 0 Å². The average molecular weight is 283 g/mol. The Morgan fingerprint density at radius 1 is 1.21 bits per heavy atom. The first-order chi connectivity index (χ1) is 9.02. The SMILES string of the molecule is CNC(CCN(C)CCC(C)C)c1cccc(Cl)c1. The molecule has 108 valence electrons. The minimum Gasteiger partial charge on any atom is -0.313 e. The van der Waals surface area contributed by atoms with Crippen LogP contribution in [0, 0.1) is 5.92 Å². The quantitative estimate of drug-likeness (QED) is 0.776. The number of nitrogens with zero attached hydrogens (tertiary/aromatic N) is 1. The van der Waals surface area contributed by atoms with Crippen molar-refractivity contribution >= 4 is 11.6 Å². The molecule has 0 aliphatic heterocycles. The van der Waals surface area contributed by atoms with Gasteiger partial charge < -0.3 is 10.2 Å².